The van der Waals surface area contributed by atoms with Gasteiger partial charge in [0.1, 0.15) is 5.57 Å². The van der Waals surface area contributed by atoms with E-state index in [2.05, 4.69) is 21.2 Å². The second-order valence-corrected chi connectivity index (χ2v) is 8.65. The number of halogens is 2. The summed E-state index contributed by atoms with van der Waals surface area (Å²) < 4.78 is 0.974. The van der Waals surface area contributed by atoms with Crippen molar-refractivity contribution in [1.29, 1.82) is 0 Å². The summed E-state index contributed by atoms with van der Waals surface area (Å²) >= 11 is 9.64. The number of benzene rings is 3. The number of imide groups is 2. The van der Waals surface area contributed by atoms with Gasteiger partial charge in [-0.1, -0.05) is 76.1 Å². The first-order valence-corrected chi connectivity index (χ1v) is 11.0. The van der Waals surface area contributed by atoms with Crippen LogP contribution >= 0.6 is 27.5 Å². The number of barbiturate groups is 1. The molecule has 0 unspecified atom stereocenters. The molecule has 32 heavy (non-hydrogen) atoms. The Morgan fingerprint density at radius 3 is 2.41 bits per heavy atom. The zero-order valence-corrected chi connectivity index (χ0v) is 19.4. The summed E-state index contributed by atoms with van der Waals surface area (Å²) in [5, 5.41) is 2.64. The van der Waals surface area contributed by atoms with E-state index in [4.69, 9.17) is 11.6 Å². The highest BCUT2D eigenvalue weighted by atomic mass is 79.9. The molecule has 4 rings (SSSR count). The van der Waals surface area contributed by atoms with Crippen molar-refractivity contribution in [2.45, 2.75) is 13.3 Å². The van der Waals surface area contributed by atoms with E-state index in [1.54, 1.807) is 19.1 Å². The summed E-state index contributed by atoms with van der Waals surface area (Å²) in [6, 6.07) is 19.5. The van der Waals surface area contributed by atoms with Gasteiger partial charge in [0.25, 0.3) is 11.8 Å². The van der Waals surface area contributed by atoms with Gasteiger partial charge in [0.05, 0.1) is 5.69 Å². The summed E-state index contributed by atoms with van der Waals surface area (Å²) in [4.78, 5) is 39.3. The first-order chi connectivity index (χ1) is 15.3. The number of carbonyl (C=O) groups is 3. The quantitative estimate of drug-likeness (QED) is 0.364. The molecule has 0 bridgehead atoms. The van der Waals surface area contributed by atoms with E-state index < -0.39 is 17.8 Å². The minimum Gasteiger partial charge on any atom is -0.273 e. The molecule has 4 amide bonds. The van der Waals surface area contributed by atoms with Gasteiger partial charge < -0.3 is 0 Å². The van der Waals surface area contributed by atoms with Gasteiger partial charge in [-0.3, -0.25) is 14.9 Å². The summed E-state index contributed by atoms with van der Waals surface area (Å²) in [6.45, 7) is 1.76. The Kier molecular flexibility index (Phi) is 6.26. The molecule has 1 aliphatic rings. The number of carbonyl (C=O) groups excluding carboxylic acids is 3. The lowest BCUT2D eigenvalue weighted by Gasteiger charge is -2.27. The molecule has 1 saturated heterocycles. The molecule has 0 atom stereocenters. The van der Waals surface area contributed by atoms with Crippen LogP contribution in [0, 0.1) is 6.92 Å². The summed E-state index contributed by atoms with van der Waals surface area (Å²) in [6.07, 6.45) is 2.14. The molecule has 5 nitrogen and oxygen atoms in total. The van der Waals surface area contributed by atoms with Crippen LogP contribution in [0.2, 0.25) is 5.02 Å². The average Bonchev–Trinajstić information content (AvgIpc) is 2.76. The Balaban J connectivity index is 1.75. The first kappa shape index (κ1) is 22.0. The zero-order valence-electron chi connectivity index (χ0n) is 17.1. The molecule has 1 heterocycles. The van der Waals surface area contributed by atoms with E-state index in [0.717, 1.165) is 26.1 Å². The fourth-order valence-electron chi connectivity index (χ4n) is 3.54. The van der Waals surface area contributed by atoms with E-state index in [9.17, 15) is 14.4 Å². The minimum absolute atomic E-state index is 0.122. The molecule has 160 valence electrons. The van der Waals surface area contributed by atoms with Crippen LogP contribution in [0.1, 0.15) is 22.3 Å². The molecule has 0 aliphatic carbocycles. The van der Waals surface area contributed by atoms with Gasteiger partial charge in [-0.25, -0.2) is 9.69 Å². The molecule has 1 aliphatic heterocycles. The monoisotopic (exact) mass is 508 g/mol. The second-order valence-electron chi connectivity index (χ2n) is 7.36. The van der Waals surface area contributed by atoms with Gasteiger partial charge >= 0.3 is 6.03 Å². The topological polar surface area (TPSA) is 66.5 Å². The predicted molar refractivity (Wildman–Crippen MR) is 129 cm³/mol. The number of hydrogen-bond acceptors (Lipinski definition) is 3. The summed E-state index contributed by atoms with van der Waals surface area (Å²) in [5.74, 6) is -1.42. The highest BCUT2D eigenvalue weighted by Gasteiger charge is 2.37. The van der Waals surface area contributed by atoms with E-state index in [1.807, 2.05) is 48.5 Å². The number of aryl methyl sites for hydroxylation is 1. The normalized spacial score (nSPS) is 15.3. The maximum atomic E-state index is 13.3. The molecular weight excluding hydrogens is 492 g/mol. The standard InChI is InChI=1S/C25H18BrClN2O3/c1-15-10-11-19(27)14-22(15)29-24(31)20(23(30)28-25(29)32)13-17-7-3-2-6-16(17)12-18-8-4-5-9-21(18)26/h2-11,13-14H,12H2,1H3,(H,28,30,32)/b20-13+. The molecule has 0 saturated carbocycles. The molecule has 1 fully saturated rings. The van der Waals surface area contributed by atoms with Crippen LogP contribution in [0.25, 0.3) is 6.08 Å². The Bertz CT molecular complexity index is 1290. The van der Waals surface area contributed by atoms with Gasteiger partial charge in [0.2, 0.25) is 0 Å². The summed E-state index contributed by atoms with van der Waals surface area (Å²) in [5.41, 5.74) is 3.63. The number of hydrogen-bond donors (Lipinski definition) is 1. The fraction of sp³-hybridized carbons (Fsp3) is 0.0800. The number of rotatable bonds is 4. The van der Waals surface area contributed by atoms with Crippen molar-refractivity contribution < 1.29 is 14.4 Å². The van der Waals surface area contributed by atoms with Gasteiger partial charge in [-0.15, -0.1) is 0 Å². The number of anilines is 1. The lowest BCUT2D eigenvalue weighted by Crippen LogP contribution is -2.54. The van der Waals surface area contributed by atoms with Gasteiger partial charge in [-0.05, 0) is 59.9 Å². The number of nitrogens with one attached hydrogen (secondary N) is 1. The second kappa shape index (κ2) is 9.10. The average molecular weight is 510 g/mol. The molecule has 0 spiro atoms. The van der Waals surface area contributed by atoms with Crippen LogP contribution < -0.4 is 10.2 Å². The van der Waals surface area contributed by atoms with Crippen LogP contribution in [-0.4, -0.2) is 17.8 Å². The van der Waals surface area contributed by atoms with Crippen LogP contribution in [0.5, 0.6) is 0 Å². The molecular formula is C25H18BrClN2O3. The Morgan fingerprint density at radius 2 is 1.66 bits per heavy atom. The highest BCUT2D eigenvalue weighted by molar-refractivity contribution is 9.10. The molecule has 3 aromatic carbocycles. The van der Waals surface area contributed by atoms with Crippen LogP contribution in [0.15, 0.2) is 76.8 Å². The van der Waals surface area contributed by atoms with E-state index >= 15 is 0 Å². The Hall–Kier alpha value is -3.22. The zero-order chi connectivity index (χ0) is 22.8. The van der Waals surface area contributed by atoms with Gasteiger partial charge in [0.15, 0.2) is 0 Å². The van der Waals surface area contributed by atoms with Crippen molar-refractivity contribution in [3.63, 3.8) is 0 Å². The number of amides is 4. The Labute approximate surface area is 198 Å². The molecule has 0 aromatic heterocycles. The van der Waals surface area contributed by atoms with Crippen molar-refractivity contribution in [2.75, 3.05) is 4.90 Å². The smallest absolute Gasteiger partial charge is 0.273 e. The van der Waals surface area contributed by atoms with Crippen LogP contribution in [0.4, 0.5) is 10.5 Å². The lowest BCUT2D eigenvalue weighted by atomic mass is 9.97. The molecule has 3 aromatic rings. The Morgan fingerprint density at radius 1 is 0.969 bits per heavy atom. The SMILES string of the molecule is Cc1ccc(Cl)cc1N1C(=O)NC(=O)/C(=C\c2ccccc2Cc2ccccc2Br)C1=O. The summed E-state index contributed by atoms with van der Waals surface area (Å²) in [7, 11) is 0. The van der Waals surface area contributed by atoms with Crippen molar-refractivity contribution in [2.24, 2.45) is 0 Å². The third-order valence-corrected chi connectivity index (χ3v) is 6.22. The van der Waals surface area contributed by atoms with E-state index in [1.165, 1.54) is 12.1 Å². The molecule has 0 radical (unpaired) electrons. The maximum absolute atomic E-state index is 13.3. The van der Waals surface area contributed by atoms with E-state index in [-0.39, 0.29) is 5.57 Å². The van der Waals surface area contributed by atoms with E-state index in [0.29, 0.717) is 22.7 Å². The third kappa shape index (κ3) is 4.38. The molecule has 1 N–H and O–H groups in total. The largest absolute Gasteiger partial charge is 0.335 e. The van der Waals surface area contributed by atoms with Gasteiger partial charge in [-0.2, -0.15) is 0 Å². The van der Waals surface area contributed by atoms with Crippen molar-refractivity contribution >= 4 is 57.1 Å². The molecule has 7 heteroatoms. The maximum Gasteiger partial charge on any atom is 0.335 e. The predicted octanol–water partition coefficient (Wildman–Crippen LogP) is 5.67. The van der Waals surface area contributed by atoms with Gasteiger partial charge in [0, 0.05) is 9.50 Å². The van der Waals surface area contributed by atoms with Crippen molar-refractivity contribution in [1.82, 2.24) is 5.32 Å². The number of urea groups is 1. The third-order valence-electron chi connectivity index (χ3n) is 5.21. The van der Waals surface area contributed by atoms with Crippen LogP contribution in [-0.2, 0) is 16.0 Å². The first-order valence-electron chi connectivity index (χ1n) is 9.84. The highest BCUT2D eigenvalue weighted by Crippen LogP contribution is 2.29. The van der Waals surface area contributed by atoms with Crippen molar-refractivity contribution in [3.8, 4) is 0 Å². The fourth-order valence-corrected chi connectivity index (χ4v) is 4.13. The van der Waals surface area contributed by atoms with Crippen LogP contribution in [0.3, 0.4) is 0 Å². The van der Waals surface area contributed by atoms with Crippen molar-refractivity contribution in [3.05, 3.63) is 104 Å². The number of nitrogens with zero attached hydrogens (tertiary/aromatic N) is 1. The lowest BCUT2D eigenvalue weighted by molar-refractivity contribution is -0.122. The minimum atomic E-state index is -0.802.